The van der Waals surface area contributed by atoms with Crippen LogP contribution in [-0.2, 0) is 6.54 Å². The fourth-order valence-electron chi connectivity index (χ4n) is 2.46. The van der Waals surface area contributed by atoms with Gasteiger partial charge in [-0.3, -0.25) is 4.90 Å². The van der Waals surface area contributed by atoms with E-state index in [0.717, 1.165) is 30.1 Å². The predicted octanol–water partition coefficient (Wildman–Crippen LogP) is 3.01. The van der Waals surface area contributed by atoms with E-state index in [2.05, 4.69) is 39.1 Å². The molecule has 0 spiro atoms. The summed E-state index contributed by atoms with van der Waals surface area (Å²) < 4.78 is 6.43. The first-order valence-electron chi connectivity index (χ1n) is 6.48. The second-order valence-electron chi connectivity index (χ2n) is 4.68. The molecular formula is C13H21BrN2O. The normalized spacial score (nSPS) is 21.0. The summed E-state index contributed by atoms with van der Waals surface area (Å²) in [4.78, 5) is 2.54. The van der Waals surface area contributed by atoms with Crippen molar-refractivity contribution in [2.24, 2.45) is 0 Å². The zero-order valence-electron chi connectivity index (χ0n) is 10.4. The molecule has 0 aromatic carbocycles. The third-order valence-electron chi connectivity index (χ3n) is 3.29. The molecule has 0 amide bonds. The van der Waals surface area contributed by atoms with Crippen molar-refractivity contribution in [2.45, 2.75) is 38.8 Å². The Balaban J connectivity index is 1.95. The van der Waals surface area contributed by atoms with Gasteiger partial charge >= 0.3 is 0 Å². The van der Waals surface area contributed by atoms with Gasteiger partial charge in [-0.05, 0) is 60.4 Å². The van der Waals surface area contributed by atoms with Gasteiger partial charge in [0.1, 0.15) is 5.76 Å². The summed E-state index contributed by atoms with van der Waals surface area (Å²) in [6.45, 7) is 6.59. The molecule has 17 heavy (non-hydrogen) atoms. The van der Waals surface area contributed by atoms with E-state index in [1.54, 1.807) is 0 Å². The Morgan fingerprint density at radius 1 is 1.53 bits per heavy atom. The molecule has 0 bridgehead atoms. The van der Waals surface area contributed by atoms with Crippen LogP contribution in [0.3, 0.4) is 0 Å². The van der Waals surface area contributed by atoms with Crippen LogP contribution in [0.25, 0.3) is 0 Å². The van der Waals surface area contributed by atoms with Crippen LogP contribution in [0.15, 0.2) is 21.2 Å². The maximum atomic E-state index is 5.61. The molecule has 0 radical (unpaired) electrons. The van der Waals surface area contributed by atoms with Gasteiger partial charge in [-0.15, -0.1) is 0 Å². The highest BCUT2D eigenvalue weighted by Crippen LogP contribution is 2.19. The monoisotopic (exact) mass is 300 g/mol. The van der Waals surface area contributed by atoms with Gasteiger partial charge in [0, 0.05) is 12.6 Å². The SMILES string of the molecule is CCCN(Cc1ccc(Br)o1)C1CCCNC1. The number of furan rings is 1. The van der Waals surface area contributed by atoms with E-state index < -0.39 is 0 Å². The minimum Gasteiger partial charge on any atom is -0.453 e. The molecule has 1 unspecified atom stereocenters. The van der Waals surface area contributed by atoms with Crippen molar-refractivity contribution in [2.75, 3.05) is 19.6 Å². The number of hydrogen-bond acceptors (Lipinski definition) is 3. The van der Waals surface area contributed by atoms with Crippen molar-refractivity contribution in [3.8, 4) is 0 Å². The van der Waals surface area contributed by atoms with Gasteiger partial charge in [-0.1, -0.05) is 6.92 Å². The third-order valence-corrected chi connectivity index (χ3v) is 3.71. The van der Waals surface area contributed by atoms with E-state index in [4.69, 9.17) is 4.42 Å². The summed E-state index contributed by atoms with van der Waals surface area (Å²) >= 11 is 3.36. The van der Waals surface area contributed by atoms with Crippen LogP contribution in [0.4, 0.5) is 0 Å². The number of hydrogen-bond donors (Lipinski definition) is 1. The molecular weight excluding hydrogens is 280 g/mol. The van der Waals surface area contributed by atoms with Crippen LogP contribution in [0.2, 0.25) is 0 Å². The van der Waals surface area contributed by atoms with Gasteiger partial charge in [0.05, 0.1) is 6.54 Å². The minimum atomic E-state index is 0.660. The van der Waals surface area contributed by atoms with Crippen molar-refractivity contribution in [1.82, 2.24) is 10.2 Å². The molecule has 2 heterocycles. The highest BCUT2D eigenvalue weighted by molar-refractivity contribution is 9.10. The zero-order valence-corrected chi connectivity index (χ0v) is 12.0. The molecule has 1 N–H and O–H groups in total. The summed E-state index contributed by atoms with van der Waals surface area (Å²) in [5.41, 5.74) is 0. The largest absolute Gasteiger partial charge is 0.453 e. The molecule has 0 saturated carbocycles. The fourth-order valence-corrected chi connectivity index (χ4v) is 2.80. The molecule has 96 valence electrons. The molecule has 4 heteroatoms. The molecule has 1 atom stereocenters. The van der Waals surface area contributed by atoms with Crippen molar-refractivity contribution in [3.63, 3.8) is 0 Å². The van der Waals surface area contributed by atoms with Crippen LogP contribution in [0.1, 0.15) is 31.9 Å². The Labute approximate surface area is 112 Å². The lowest BCUT2D eigenvalue weighted by Gasteiger charge is -2.33. The number of halogens is 1. The first-order valence-corrected chi connectivity index (χ1v) is 7.28. The average Bonchev–Trinajstić information content (AvgIpc) is 2.75. The summed E-state index contributed by atoms with van der Waals surface area (Å²) in [7, 11) is 0. The van der Waals surface area contributed by atoms with Gasteiger partial charge in [0.15, 0.2) is 4.67 Å². The van der Waals surface area contributed by atoms with E-state index >= 15 is 0 Å². The van der Waals surface area contributed by atoms with Crippen molar-refractivity contribution in [3.05, 3.63) is 22.6 Å². The van der Waals surface area contributed by atoms with Crippen molar-refractivity contribution >= 4 is 15.9 Å². The number of nitrogens with zero attached hydrogens (tertiary/aromatic N) is 1. The zero-order chi connectivity index (χ0) is 12.1. The average molecular weight is 301 g/mol. The molecule has 1 fully saturated rings. The third kappa shape index (κ3) is 3.83. The lowest BCUT2D eigenvalue weighted by atomic mass is 10.1. The maximum Gasteiger partial charge on any atom is 0.169 e. The Kier molecular flexibility index (Phi) is 5.07. The minimum absolute atomic E-state index is 0.660. The topological polar surface area (TPSA) is 28.4 Å². The van der Waals surface area contributed by atoms with E-state index in [9.17, 15) is 0 Å². The van der Waals surface area contributed by atoms with Crippen LogP contribution in [-0.4, -0.2) is 30.6 Å². The molecule has 1 saturated heterocycles. The molecule has 1 aromatic heterocycles. The van der Waals surface area contributed by atoms with Gasteiger partial charge < -0.3 is 9.73 Å². The fraction of sp³-hybridized carbons (Fsp3) is 0.692. The highest BCUT2D eigenvalue weighted by Gasteiger charge is 2.21. The lowest BCUT2D eigenvalue weighted by molar-refractivity contribution is 0.147. The van der Waals surface area contributed by atoms with Gasteiger partial charge in [-0.2, -0.15) is 0 Å². The summed E-state index contributed by atoms with van der Waals surface area (Å²) in [6.07, 6.45) is 3.78. The Bertz CT molecular complexity index is 334. The van der Waals surface area contributed by atoms with Crippen LogP contribution >= 0.6 is 15.9 Å². The van der Waals surface area contributed by atoms with Crippen LogP contribution in [0, 0.1) is 0 Å². The summed E-state index contributed by atoms with van der Waals surface area (Å²) in [5.74, 6) is 1.05. The Hall–Kier alpha value is -0.320. The lowest BCUT2D eigenvalue weighted by Crippen LogP contribution is -2.45. The first kappa shape index (κ1) is 13.1. The molecule has 1 aliphatic heterocycles. The standard InChI is InChI=1S/C13H21BrN2O/c1-2-8-16(11-4-3-7-15-9-11)10-12-5-6-13(14)17-12/h5-6,11,15H,2-4,7-10H2,1H3. The molecule has 1 aromatic rings. The Morgan fingerprint density at radius 2 is 2.41 bits per heavy atom. The van der Waals surface area contributed by atoms with E-state index in [1.165, 1.54) is 25.8 Å². The quantitative estimate of drug-likeness (QED) is 0.906. The predicted molar refractivity (Wildman–Crippen MR) is 73.0 cm³/mol. The van der Waals surface area contributed by atoms with E-state index in [-0.39, 0.29) is 0 Å². The highest BCUT2D eigenvalue weighted by atomic mass is 79.9. The second kappa shape index (κ2) is 6.57. The molecule has 1 aliphatic rings. The second-order valence-corrected chi connectivity index (χ2v) is 5.46. The number of piperidine rings is 1. The summed E-state index contributed by atoms with van der Waals surface area (Å²) in [6, 6.07) is 4.69. The van der Waals surface area contributed by atoms with Crippen molar-refractivity contribution in [1.29, 1.82) is 0 Å². The number of nitrogens with one attached hydrogen (secondary N) is 1. The van der Waals surface area contributed by atoms with E-state index in [1.807, 2.05) is 6.07 Å². The van der Waals surface area contributed by atoms with Crippen LogP contribution < -0.4 is 5.32 Å². The number of rotatable bonds is 5. The van der Waals surface area contributed by atoms with Crippen molar-refractivity contribution < 1.29 is 4.42 Å². The molecule has 3 nitrogen and oxygen atoms in total. The first-order chi connectivity index (χ1) is 8.29. The Morgan fingerprint density at radius 3 is 3.00 bits per heavy atom. The van der Waals surface area contributed by atoms with Crippen LogP contribution in [0.5, 0.6) is 0 Å². The maximum absolute atomic E-state index is 5.61. The van der Waals surface area contributed by atoms with Gasteiger partial charge in [-0.25, -0.2) is 0 Å². The van der Waals surface area contributed by atoms with Gasteiger partial charge in [0.25, 0.3) is 0 Å². The summed E-state index contributed by atoms with van der Waals surface area (Å²) in [5, 5.41) is 3.48. The molecule has 2 rings (SSSR count). The van der Waals surface area contributed by atoms with E-state index in [0.29, 0.717) is 6.04 Å². The smallest absolute Gasteiger partial charge is 0.169 e. The van der Waals surface area contributed by atoms with Gasteiger partial charge in [0.2, 0.25) is 0 Å². The molecule has 0 aliphatic carbocycles.